The SMILES string of the molecule is O=C(CN1CCOCC1)Nc1ccc2ncnc(Nc3cccc(C(F)(F)F)c3)c2c1. The fourth-order valence-electron chi connectivity index (χ4n) is 3.31. The maximum Gasteiger partial charge on any atom is 0.416 e. The van der Waals surface area contributed by atoms with Gasteiger partial charge in [-0.05, 0) is 36.4 Å². The minimum absolute atomic E-state index is 0.162. The number of rotatable bonds is 5. The van der Waals surface area contributed by atoms with Gasteiger partial charge in [0.15, 0.2) is 0 Å². The Morgan fingerprint density at radius 2 is 1.87 bits per heavy atom. The van der Waals surface area contributed by atoms with Crippen LogP contribution in [-0.2, 0) is 15.7 Å². The standard InChI is InChI=1S/C21H20F3N5O2/c22-21(23,24)14-2-1-3-15(10-14)28-20-17-11-16(4-5-18(17)25-13-26-20)27-19(30)12-29-6-8-31-9-7-29/h1-5,10-11,13H,6-9,12H2,(H,27,30)(H,25,26,28). The smallest absolute Gasteiger partial charge is 0.379 e. The molecule has 0 aliphatic carbocycles. The average molecular weight is 431 g/mol. The second-order valence-corrected chi connectivity index (χ2v) is 7.09. The summed E-state index contributed by atoms with van der Waals surface area (Å²) < 4.78 is 44.3. The molecule has 2 aromatic carbocycles. The highest BCUT2D eigenvalue weighted by atomic mass is 19.4. The molecule has 3 aromatic rings. The number of ether oxygens (including phenoxy) is 1. The topological polar surface area (TPSA) is 79.4 Å². The Morgan fingerprint density at radius 3 is 2.65 bits per heavy atom. The number of benzene rings is 2. The Hall–Kier alpha value is -3.24. The molecule has 1 saturated heterocycles. The van der Waals surface area contributed by atoms with Gasteiger partial charge in [0.05, 0.1) is 30.8 Å². The highest BCUT2D eigenvalue weighted by Crippen LogP contribution is 2.32. The molecule has 1 aromatic heterocycles. The summed E-state index contributed by atoms with van der Waals surface area (Å²) in [6, 6.07) is 10.0. The molecule has 0 spiro atoms. The van der Waals surface area contributed by atoms with Crippen molar-refractivity contribution in [2.75, 3.05) is 43.5 Å². The Labute approximate surface area is 176 Å². The van der Waals surface area contributed by atoms with Crippen molar-refractivity contribution in [2.45, 2.75) is 6.18 Å². The van der Waals surface area contributed by atoms with Crippen LogP contribution >= 0.6 is 0 Å². The first-order valence-corrected chi connectivity index (χ1v) is 9.67. The minimum Gasteiger partial charge on any atom is -0.379 e. The molecule has 7 nitrogen and oxygen atoms in total. The third kappa shape index (κ3) is 5.28. The number of morpholine rings is 1. The van der Waals surface area contributed by atoms with Crippen molar-refractivity contribution >= 4 is 34.0 Å². The van der Waals surface area contributed by atoms with Crippen LogP contribution < -0.4 is 10.6 Å². The van der Waals surface area contributed by atoms with Crippen LogP contribution in [-0.4, -0.2) is 53.6 Å². The molecule has 2 heterocycles. The molecule has 1 fully saturated rings. The molecule has 0 saturated carbocycles. The Morgan fingerprint density at radius 1 is 1.06 bits per heavy atom. The van der Waals surface area contributed by atoms with E-state index in [2.05, 4.69) is 20.6 Å². The van der Waals surface area contributed by atoms with Crippen molar-refractivity contribution in [3.63, 3.8) is 0 Å². The zero-order valence-electron chi connectivity index (χ0n) is 16.4. The van der Waals surface area contributed by atoms with Gasteiger partial charge < -0.3 is 15.4 Å². The number of alkyl halides is 3. The van der Waals surface area contributed by atoms with Crippen molar-refractivity contribution in [1.82, 2.24) is 14.9 Å². The molecule has 0 unspecified atom stereocenters. The second-order valence-electron chi connectivity index (χ2n) is 7.09. The first-order valence-electron chi connectivity index (χ1n) is 9.67. The molecule has 10 heteroatoms. The number of halogens is 3. The molecule has 4 rings (SSSR count). The quantitative estimate of drug-likeness (QED) is 0.642. The summed E-state index contributed by atoms with van der Waals surface area (Å²) in [5.41, 5.74) is 0.631. The number of aromatic nitrogens is 2. The lowest BCUT2D eigenvalue weighted by molar-refractivity contribution is -0.137. The second kappa shape index (κ2) is 8.86. The number of amides is 1. The molecule has 31 heavy (non-hydrogen) atoms. The van der Waals surface area contributed by atoms with Crippen molar-refractivity contribution in [3.05, 3.63) is 54.4 Å². The molecule has 162 valence electrons. The van der Waals surface area contributed by atoms with Crippen LogP contribution in [0, 0.1) is 0 Å². The number of hydrogen-bond donors (Lipinski definition) is 2. The summed E-state index contributed by atoms with van der Waals surface area (Å²) in [5, 5.41) is 6.34. The van der Waals surface area contributed by atoms with Crippen molar-refractivity contribution < 1.29 is 22.7 Å². The number of nitrogens with zero attached hydrogens (tertiary/aromatic N) is 3. The van der Waals surface area contributed by atoms with E-state index in [1.54, 1.807) is 18.2 Å². The normalized spacial score (nSPS) is 15.1. The third-order valence-corrected chi connectivity index (χ3v) is 4.84. The molecular formula is C21H20F3N5O2. The first kappa shape index (κ1) is 21.0. The highest BCUT2D eigenvalue weighted by molar-refractivity contribution is 5.97. The molecule has 2 N–H and O–H groups in total. The lowest BCUT2D eigenvalue weighted by atomic mass is 10.1. The summed E-state index contributed by atoms with van der Waals surface area (Å²) >= 11 is 0. The van der Waals surface area contributed by atoms with E-state index in [1.807, 2.05) is 4.90 Å². The molecule has 1 aliphatic heterocycles. The van der Waals surface area contributed by atoms with Crippen LogP contribution in [0.2, 0.25) is 0 Å². The van der Waals surface area contributed by atoms with Crippen molar-refractivity contribution in [1.29, 1.82) is 0 Å². The Kier molecular flexibility index (Phi) is 6.01. The van der Waals surface area contributed by atoms with Crippen molar-refractivity contribution in [3.8, 4) is 0 Å². The van der Waals surface area contributed by atoms with Crippen LogP contribution in [0.15, 0.2) is 48.8 Å². The van der Waals surface area contributed by atoms with E-state index in [0.29, 0.717) is 48.7 Å². The van der Waals surface area contributed by atoms with Gasteiger partial charge >= 0.3 is 6.18 Å². The van der Waals surface area contributed by atoms with Gasteiger partial charge in [-0.3, -0.25) is 9.69 Å². The average Bonchev–Trinajstić information content (AvgIpc) is 2.74. The fraction of sp³-hybridized carbons (Fsp3) is 0.286. The van der Waals surface area contributed by atoms with Gasteiger partial charge in [0.2, 0.25) is 5.91 Å². The fourth-order valence-corrected chi connectivity index (χ4v) is 3.31. The highest BCUT2D eigenvalue weighted by Gasteiger charge is 2.30. The van der Waals surface area contributed by atoms with Gasteiger partial charge in [0.25, 0.3) is 0 Å². The number of carbonyl (C=O) groups excluding carboxylic acids is 1. The van der Waals surface area contributed by atoms with E-state index in [1.165, 1.54) is 18.5 Å². The monoisotopic (exact) mass is 431 g/mol. The summed E-state index contributed by atoms with van der Waals surface area (Å²) in [5.74, 6) is 0.180. The van der Waals surface area contributed by atoms with Crippen LogP contribution in [0.3, 0.4) is 0 Å². The number of hydrogen-bond acceptors (Lipinski definition) is 6. The lowest BCUT2D eigenvalue weighted by Gasteiger charge is -2.25. The summed E-state index contributed by atoms with van der Waals surface area (Å²) in [6.07, 6.45) is -3.11. The lowest BCUT2D eigenvalue weighted by Crippen LogP contribution is -2.41. The van der Waals surface area contributed by atoms with Gasteiger partial charge in [-0.15, -0.1) is 0 Å². The largest absolute Gasteiger partial charge is 0.416 e. The van der Waals surface area contributed by atoms with Gasteiger partial charge in [-0.2, -0.15) is 13.2 Å². The van der Waals surface area contributed by atoms with E-state index >= 15 is 0 Å². The van der Waals surface area contributed by atoms with Gasteiger partial charge in [0, 0.05) is 29.9 Å². The molecular weight excluding hydrogens is 411 g/mol. The number of anilines is 3. The van der Waals surface area contributed by atoms with E-state index < -0.39 is 11.7 Å². The van der Waals surface area contributed by atoms with Crippen molar-refractivity contribution in [2.24, 2.45) is 0 Å². The van der Waals surface area contributed by atoms with E-state index in [-0.39, 0.29) is 18.1 Å². The van der Waals surface area contributed by atoms with E-state index in [9.17, 15) is 18.0 Å². The molecule has 0 radical (unpaired) electrons. The number of carbonyl (C=O) groups is 1. The minimum atomic E-state index is -4.44. The molecule has 0 atom stereocenters. The van der Waals surface area contributed by atoms with Crippen LogP contribution in [0.25, 0.3) is 10.9 Å². The van der Waals surface area contributed by atoms with E-state index in [0.717, 1.165) is 12.1 Å². The maximum absolute atomic E-state index is 13.0. The summed E-state index contributed by atoms with van der Waals surface area (Å²) in [4.78, 5) is 22.7. The number of fused-ring (bicyclic) bond motifs is 1. The number of nitrogens with one attached hydrogen (secondary N) is 2. The van der Waals surface area contributed by atoms with Crippen LogP contribution in [0.4, 0.5) is 30.4 Å². The molecule has 1 aliphatic rings. The predicted octanol–water partition coefficient (Wildman–Crippen LogP) is 3.66. The molecule has 1 amide bonds. The Bertz CT molecular complexity index is 1080. The maximum atomic E-state index is 13.0. The summed E-state index contributed by atoms with van der Waals surface area (Å²) in [6.45, 7) is 2.85. The third-order valence-electron chi connectivity index (χ3n) is 4.84. The molecule has 0 bridgehead atoms. The van der Waals surface area contributed by atoms with E-state index in [4.69, 9.17) is 4.74 Å². The summed E-state index contributed by atoms with van der Waals surface area (Å²) in [7, 11) is 0. The van der Waals surface area contributed by atoms with Gasteiger partial charge in [0.1, 0.15) is 12.1 Å². The first-order chi connectivity index (χ1) is 14.9. The Balaban J connectivity index is 1.54. The zero-order chi connectivity index (χ0) is 21.8. The van der Waals surface area contributed by atoms with Crippen LogP contribution in [0.1, 0.15) is 5.56 Å². The van der Waals surface area contributed by atoms with Gasteiger partial charge in [-0.1, -0.05) is 6.07 Å². The van der Waals surface area contributed by atoms with Gasteiger partial charge in [-0.25, -0.2) is 9.97 Å². The zero-order valence-corrected chi connectivity index (χ0v) is 16.4. The predicted molar refractivity (Wildman–Crippen MR) is 110 cm³/mol. The van der Waals surface area contributed by atoms with Crippen LogP contribution in [0.5, 0.6) is 0 Å².